The lowest BCUT2D eigenvalue weighted by Crippen LogP contribution is -2.40. The van der Waals surface area contributed by atoms with Crippen molar-refractivity contribution in [2.45, 2.75) is 52.4 Å². The molecule has 1 fully saturated rings. The number of aryl methyl sites for hydroxylation is 1. The standard InChI is InChI=1S/C22H26N8O3/c1-15(2)33-22(31)28-8-6-18(7-9-28)30-19(10-23)17(11-25-30)12-32-20-4-5-21(27-16(20)3)29-14-24-13-26-29/h4-5,11,13-15,18H,6-9,12H2,1-3H3. The van der Waals surface area contributed by atoms with E-state index in [4.69, 9.17) is 9.47 Å². The summed E-state index contributed by atoms with van der Waals surface area (Å²) in [6, 6.07) is 5.92. The topological polar surface area (TPSA) is 124 Å². The highest BCUT2D eigenvalue weighted by Gasteiger charge is 2.27. The minimum absolute atomic E-state index is 0.0434. The average molecular weight is 451 g/mol. The lowest BCUT2D eigenvalue weighted by Gasteiger charge is -2.32. The summed E-state index contributed by atoms with van der Waals surface area (Å²) >= 11 is 0. The molecule has 3 aromatic rings. The molecule has 0 N–H and O–H groups in total. The predicted octanol–water partition coefficient (Wildman–Crippen LogP) is 2.80. The molecule has 0 saturated carbocycles. The summed E-state index contributed by atoms with van der Waals surface area (Å²) in [5.74, 6) is 1.26. The Bertz CT molecular complexity index is 1140. The van der Waals surface area contributed by atoms with Gasteiger partial charge in [-0.25, -0.2) is 19.4 Å². The van der Waals surface area contributed by atoms with E-state index in [1.54, 1.807) is 32.9 Å². The van der Waals surface area contributed by atoms with E-state index in [1.807, 2.05) is 26.8 Å². The van der Waals surface area contributed by atoms with Crippen LogP contribution in [0.15, 0.2) is 31.0 Å². The third-order valence-corrected chi connectivity index (χ3v) is 5.44. The summed E-state index contributed by atoms with van der Waals surface area (Å²) < 4.78 is 14.5. The largest absolute Gasteiger partial charge is 0.487 e. The van der Waals surface area contributed by atoms with E-state index >= 15 is 0 Å². The minimum atomic E-state index is -0.294. The molecule has 172 valence electrons. The molecule has 11 nitrogen and oxygen atoms in total. The second kappa shape index (κ2) is 9.68. The van der Waals surface area contributed by atoms with Crippen molar-refractivity contribution in [2.75, 3.05) is 13.1 Å². The summed E-state index contributed by atoms with van der Waals surface area (Å²) in [5.41, 5.74) is 1.89. The summed E-state index contributed by atoms with van der Waals surface area (Å²) in [4.78, 5) is 22.2. The highest BCUT2D eigenvalue weighted by Crippen LogP contribution is 2.26. The molecule has 4 heterocycles. The van der Waals surface area contributed by atoms with Gasteiger partial charge in [0.2, 0.25) is 0 Å². The molecule has 1 saturated heterocycles. The molecule has 0 aromatic carbocycles. The molecule has 0 radical (unpaired) electrons. The van der Waals surface area contributed by atoms with Gasteiger partial charge in [-0.3, -0.25) is 4.68 Å². The van der Waals surface area contributed by atoms with Crippen LogP contribution in [0, 0.1) is 18.3 Å². The van der Waals surface area contributed by atoms with Crippen LogP contribution in [0.25, 0.3) is 5.82 Å². The van der Waals surface area contributed by atoms with Crippen LogP contribution in [0.3, 0.4) is 0 Å². The molecule has 0 atom stereocenters. The van der Waals surface area contributed by atoms with Crippen molar-refractivity contribution in [1.29, 1.82) is 5.26 Å². The zero-order valence-electron chi connectivity index (χ0n) is 18.9. The van der Waals surface area contributed by atoms with Crippen LogP contribution in [0.5, 0.6) is 5.75 Å². The van der Waals surface area contributed by atoms with Gasteiger partial charge in [-0.1, -0.05) is 0 Å². The van der Waals surface area contributed by atoms with Crippen molar-refractivity contribution >= 4 is 6.09 Å². The van der Waals surface area contributed by atoms with Crippen molar-refractivity contribution < 1.29 is 14.3 Å². The molecule has 33 heavy (non-hydrogen) atoms. The Morgan fingerprint density at radius 1 is 1.27 bits per heavy atom. The van der Waals surface area contributed by atoms with Crippen LogP contribution in [0.4, 0.5) is 4.79 Å². The van der Waals surface area contributed by atoms with Crippen molar-refractivity contribution in [3.63, 3.8) is 0 Å². The molecule has 1 aliphatic rings. The highest BCUT2D eigenvalue weighted by molar-refractivity contribution is 5.67. The lowest BCUT2D eigenvalue weighted by molar-refractivity contribution is 0.0652. The SMILES string of the molecule is Cc1nc(-n2cncn2)ccc1OCc1cnn(C2CCN(C(=O)OC(C)C)CC2)c1C#N. The molecule has 0 bridgehead atoms. The number of carbonyl (C=O) groups is 1. The molecule has 1 amide bonds. The van der Waals surface area contributed by atoms with Gasteiger partial charge >= 0.3 is 6.09 Å². The van der Waals surface area contributed by atoms with Crippen molar-refractivity contribution in [3.8, 4) is 17.6 Å². The van der Waals surface area contributed by atoms with Gasteiger partial charge in [0.05, 0.1) is 24.0 Å². The molecular formula is C22H26N8O3. The van der Waals surface area contributed by atoms with Gasteiger partial charge in [-0.05, 0) is 45.7 Å². The van der Waals surface area contributed by atoms with Crippen LogP contribution in [0.2, 0.25) is 0 Å². The molecule has 0 spiro atoms. The van der Waals surface area contributed by atoms with Gasteiger partial charge in [-0.15, -0.1) is 0 Å². The number of pyridine rings is 1. The third kappa shape index (κ3) is 4.95. The Kier molecular flexibility index (Phi) is 6.53. The maximum absolute atomic E-state index is 12.1. The van der Waals surface area contributed by atoms with Crippen molar-refractivity contribution in [3.05, 3.63) is 47.9 Å². The van der Waals surface area contributed by atoms with Crippen LogP contribution in [0.1, 0.15) is 49.7 Å². The number of nitriles is 1. The van der Waals surface area contributed by atoms with Crippen molar-refractivity contribution in [2.24, 2.45) is 0 Å². The van der Waals surface area contributed by atoms with Crippen molar-refractivity contribution in [1.82, 2.24) is 34.4 Å². The fraction of sp³-hybridized carbons (Fsp3) is 0.455. The van der Waals surface area contributed by atoms with E-state index in [-0.39, 0.29) is 24.8 Å². The summed E-state index contributed by atoms with van der Waals surface area (Å²) in [5, 5.41) is 18.3. The van der Waals surface area contributed by atoms with Crippen LogP contribution in [-0.2, 0) is 11.3 Å². The van der Waals surface area contributed by atoms with Gasteiger partial charge < -0.3 is 14.4 Å². The molecule has 1 aliphatic heterocycles. The van der Waals surface area contributed by atoms with E-state index in [0.717, 1.165) is 0 Å². The number of hydrogen-bond acceptors (Lipinski definition) is 8. The number of rotatable bonds is 6. The number of nitrogens with zero attached hydrogens (tertiary/aromatic N) is 8. The van der Waals surface area contributed by atoms with Gasteiger partial charge in [0.25, 0.3) is 0 Å². The summed E-state index contributed by atoms with van der Waals surface area (Å²) in [6.07, 6.45) is 5.67. The van der Waals surface area contributed by atoms with E-state index in [0.29, 0.717) is 54.4 Å². The zero-order chi connectivity index (χ0) is 23.4. The first-order valence-electron chi connectivity index (χ1n) is 10.8. The third-order valence-electron chi connectivity index (χ3n) is 5.44. The van der Waals surface area contributed by atoms with Gasteiger partial charge in [0.1, 0.15) is 36.8 Å². The van der Waals surface area contributed by atoms with E-state index < -0.39 is 0 Å². The second-order valence-corrected chi connectivity index (χ2v) is 8.11. The van der Waals surface area contributed by atoms with Gasteiger partial charge in [0.15, 0.2) is 5.82 Å². The molecule has 3 aromatic heterocycles. The number of aromatic nitrogens is 6. The Morgan fingerprint density at radius 2 is 2.06 bits per heavy atom. The number of ether oxygens (including phenoxy) is 2. The molecule has 11 heteroatoms. The molecular weight excluding hydrogens is 424 g/mol. The van der Waals surface area contributed by atoms with Crippen LogP contribution < -0.4 is 4.74 Å². The molecule has 0 unspecified atom stereocenters. The fourth-order valence-corrected chi connectivity index (χ4v) is 3.77. The number of carbonyl (C=O) groups excluding carboxylic acids is 1. The molecule has 0 aliphatic carbocycles. The Morgan fingerprint density at radius 3 is 2.70 bits per heavy atom. The predicted molar refractivity (Wildman–Crippen MR) is 117 cm³/mol. The minimum Gasteiger partial charge on any atom is -0.487 e. The number of hydrogen-bond donors (Lipinski definition) is 0. The first-order valence-corrected chi connectivity index (χ1v) is 10.8. The Balaban J connectivity index is 1.40. The Labute approximate surface area is 191 Å². The normalized spacial score (nSPS) is 14.3. The van der Waals surface area contributed by atoms with Crippen LogP contribution >= 0.6 is 0 Å². The molecule has 4 rings (SSSR count). The highest BCUT2D eigenvalue weighted by atomic mass is 16.6. The van der Waals surface area contributed by atoms with E-state index in [2.05, 4.69) is 26.2 Å². The van der Waals surface area contributed by atoms with E-state index in [1.165, 1.54) is 6.33 Å². The monoisotopic (exact) mass is 450 g/mol. The first-order chi connectivity index (χ1) is 16.0. The van der Waals surface area contributed by atoms with Crippen LogP contribution in [-0.4, -0.2) is 59.7 Å². The lowest BCUT2D eigenvalue weighted by atomic mass is 10.1. The van der Waals surface area contributed by atoms with Gasteiger partial charge in [-0.2, -0.15) is 15.5 Å². The number of likely N-dealkylation sites (tertiary alicyclic amines) is 1. The summed E-state index contributed by atoms with van der Waals surface area (Å²) in [7, 11) is 0. The smallest absolute Gasteiger partial charge is 0.410 e. The Hall–Kier alpha value is -3.94. The van der Waals surface area contributed by atoms with E-state index in [9.17, 15) is 10.1 Å². The zero-order valence-corrected chi connectivity index (χ0v) is 18.9. The fourth-order valence-electron chi connectivity index (χ4n) is 3.77. The first kappa shape index (κ1) is 22.3. The number of amides is 1. The number of piperidine rings is 1. The maximum atomic E-state index is 12.1. The quantitative estimate of drug-likeness (QED) is 0.561. The summed E-state index contributed by atoms with van der Waals surface area (Å²) in [6.45, 7) is 6.85. The second-order valence-electron chi connectivity index (χ2n) is 8.11. The average Bonchev–Trinajstić information content (AvgIpc) is 3.48. The maximum Gasteiger partial charge on any atom is 0.410 e. The van der Waals surface area contributed by atoms with Gasteiger partial charge in [0, 0.05) is 18.7 Å².